The second kappa shape index (κ2) is 5.44. The number of rotatable bonds is 3. The van der Waals surface area contributed by atoms with E-state index in [4.69, 9.17) is 27.9 Å². The number of halogens is 2. The fourth-order valence-electron chi connectivity index (χ4n) is 1.47. The van der Waals surface area contributed by atoms with Crippen molar-refractivity contribution >= 4 is 23.2 Å². The summed E-state index contributed by atoms with van der Waals surface area (Å²) >= 11 is 11.8. The maximum absolute atomic E-state index is 5.94. The van der Waals surface area contributed by atoms with Crippen LogP contribution in [0.2, 0.25) is 5.02 Å². The maximum Gasteiger partial charge on any atom is 0.133 e. The first-order valence-electron chi connectivity index (χ1n) is 5.28. The van der Waals surface area contributed by atoms with E-state index in [0.29, 0.717) is 16.7 Å². The van der Waals surface area contributed by atoms with Gasteiger partial charge in [-0.1, -0.05) is 35.4 Å². The van der Waals surface area contributed by atoms with E-state index in [-0.39, 0.29) is 0 Å². The van der Waals surface area contributed by atoms with Crippen molar-refractivity contribution in [2.45, 2.75) is 12.8 Å². The second-order valence-corrected chi connectivity index (χ2v) is 4.50. The van der Waals surface area contributed by atoms with Crippen molar-refractivity contribution in [1.29, 1.82) is 0 Å². The van der Waals surface area contributed by atoms with Gasteiger partial charge in [-0.25, -0.2) is 0 Å². The average molecular weight is 267 g/mol. The number of hydrogen-bond donors (Lipinski definition) is 0. The summed E-state index contributed by atoms with van der Waals surface area (Å²) in [4.78, 5) is 0. The van der Waals surface area contributed by atoms with Crippen molar-refractivity contribution in [1.82, 2.24) is 0 Å². The Labute approximate surface area is 111 Å². The molecule has 0 amide bonds. The highest BCUT2D eigenvalue weighted by molar-refractivity contribution is 6.30. The van der Waals surface area contributed by atoms with Crippen LogP contribution in [0.5, 0.6) is 11.5 Å². The van der Waals surface area contributed by atoms with Gasteiger partial charge in [-0.15, -0.1) is 11.6 Å². The molecule has 0 atom stereocenters. The molecule has 0 heterocycles. The molecule has 17 heavy (non-hydrogen) atoms. The molecule has 0 saturated carbocycles. The number of benzene rings is 2. The number of ether oxygens (including phenoxy) is 1. The van der Waals surface area contributed by atoms with Crippen molar-refractivity contribution in [3.63, 3.8) is 0 Å². The van der Waals surface area contributed by atoms with E-state index in [1.54, 1.807) is 12.1 Å². The summed E-state index contributed by atoms with van der Waals surface area (Å²) in [7, 11) is 0. The SMILES string of the molecule is Cc1ccc(Oc2cc(Cl)ccc2CCl)cc1. The molecule has 0 aliphatic carbocycles. The van der Waals surface area contributed by atoms with Gasteiger partial charge >= 0.3 is 0 Å². The van der Waals surface area contributed by atoms with Crippen LogP contribution in [0.25, 0.3) is 0 Å². The van der Waals surface area contributed by atoms with Gasteiger partial charge in [0.1, 0.15) is 11.5 Å². The lowest BCUT2D eigenvalue weighted by atomic mass is 10.2. The quantitative estimate of drug-likeness (QED) is 0.696. The van der Waals surface area contributed by atoms with Crippen molar-refractivity contribution < 1.29 is 4.74 Å². The zero-order valence-electron chi connectivity index (χ0n) is 9.41. The third-order valence-electron chi connectivity index (χ3n) is 2.42. The average Bonchev–Trinajstić information content (AvgIpc) is 2.32. The molecule has 2 rings (SSSR count). The molecular formula is C14H12Cl2O. The Bertz CT molecular complexity index is 506. The van der Waals surface area contributed by atoms with Crippen molar-refractivity contribution in [3.8, 4) is 11.5 Å². The van der Waals surface area contributed by atoms with Gasteiger partial charge in [-0.2, -0.15) is 0 Å². The van der Waals surface area contributed by atoms with Crippen LogP contribution in [0.15, 0.2) is 42.5 Å². The monoisotopic (exact) mass is 266 g/mol. The lowest BCUT2D eigenvalue weighted by molar-refractivity contribution is 0.478. The Morgan fingerprint density at radius 1 is 1.06 bits per heavy atom. The summed E-state index contributed by atoms with van der Waals surface area (Å²) < 4.78 is 5.77. The van der Waals surface area contributed by atoms with Gasteiger partial charge in [-0.3, -0.25) is 0 Å². The van der Waals surface area contributed by atoms with E-state index >= 15 is 0 Å². The van der Waals surface area contributed by atoms with E-state index in [0.717, 1.165) is 11.3 Å². The van der Waals surface area contributed by atoms with Crippen LogP contribution in [0.3, 0.4) is 0 Å². The maximum atomic E-state index is 5.94. The first-order valence-corrected chi connectivity index (χ1v) is 6.19. The van der Waals surface area contributed by atoms with E-state index in [1.807, 2.05) is 37.3 Å². The van der Waals surface area contributed by atoms with E-state index in [9.17, 15) is 0 Å². The molecule has 0 aromatic heterocycles. The first kappa shape index (κ1) is 12.3. The molecule has 2 aromatic carbocycles. The minimum absolute atomic E-state index is 0.401. The van der Waals surface area contributed by atoms with E-state index < -0.39 is 0 Å². The number of hydrogen-bond acceptors (Lipinski definition) is 1. The van der Waals surface area contributed by atoms with Crippen LogP contribution in [0.4, 0.5) is 0 Å². The van der Waals surface area contributed by atoms with Gasteiger partial charge in [0, 0.05) is 10.6 Å². The van der Waals surface area contributed by atoms with Crippen molar-refractivity contribution in [2.75, 3.05) is 0 Å². The van der Waals surface area contributed by atoms with Crippen LogP contribution in [-0.2, 0) is 5.88 Å². The molecule has 2 aromatic rings. The molecule has 0 N–H and O–H groups in total. The first-order chi connectivity index (χ1) is 8.19. The Morgan fingerprint density at radius 3 is 2.41 bits per heavy atom. The topological polar surface area (TPSA) is 9.23 Å². The zero-order chi connectivity index (χ0) is 12.3. The third kappa shape index (κ3) is 3.15. The summed E-state index contributed by atoms with van der Waals surface area (Å²) in [5, 5.41) is 0.640. The molecule has 0 aliphatic heterocycles. The largest absolute Gasteiger partial charge is 0.457 e. The molecule has 3 heteroatoms. The highest BCUT2D eigenvalue weighted by atomic mass is 35.5. The number of alkyl halides is 1. The Kier molecular flexibility index (Phi) is 3.93. The molecule has 0 bridgehead atoms. The van der Waals surface area contributed by atoms with Crippen molar-refractivity contribution in [3.05, 3.63) is 58.6 Å². The van der Waals surface area contributed by atoms with Gasteiger partial charge in [0.25, 0.3) is 0 Å². The van der Waals surface area contributed by atoms with Crippen LogP contribution >= 0.6 is 23.2 Å². The summed E-state index contributed by atoms with van der Waals surface area (Å²) in [6.45, 7) is 2.04. The molecule has 0 saturated heterocycles. The van der Waals surface area contributed by atoms with E-state index in [2.05, 4.69) is 0 Å². The normalized spacial score (nSPS) is 10.3. The lowest BCUT2D eigenvalue weighted by Gasteiger charge is -2.10. The van der Waals surface area contributed by atoms with Crippen molar-refractivity contribution in [2.24, 2.45) is 0 Å². The number of aryl methyl sites for hydroxylation is 1. The van der Waals surface area contributed by atoms with Gasteiger partial charge in [0.05, 0.1) is 5.88 Å². The third-order valence-corrected chi connectivity index (χ3v) is 2.94. The predicted octanol–water partition coefficient (Wildman–Crippen LogP) is 5.18. The Morgan fingerprint density at radius 2 is 1.76 bits per heavy atom. The summed E-state index contributed by atoms with van der Waals surface area (Å²) in [5.41, 5.74) is 2.12. The minimum Gasteiger partial charge on any atom is -0.457 e. The molecule has 88 valence electrons. The fourth-order valence-corrected chi connectivity index (χ4v) is 1.85. The van der Waals surface area contributed by atoms with Crippen LogP contribution in [-0.4, -0.2) is 0 Å². The van der Waals surface area contributed by atoms with Crippen LogP contribution in [0.1, 0.15) is 11.1 Å². The molecule has 0 fully saturated rings. The zero-order valence-corrected chi connectivity index (χ0v) is 10.9. The lowest BCUT2D eigenvalue weighted by Crippen LogP contribution is -1.89. The Hall–Kier alpha value is -1.18. The standard InChI is InChI=1S/C14H12Cl2O/c1-10-2-6-13(7-3-10)17-14-8-12(16)5-4-11(14)9-15/h2-8H,9H2,1H3. The minimum atomic E-state index is 0.401. The molecular weight excluding hydrogens is 255 g/mol. The van der Waals surface area contributed by atoms with Gasteiger partial charge < -0.3 is 4.74 Å². The summed E-state index contributed by atoms with van der Waals surface area (Å²) in [5.74, 6) is 1.89. The van der Waals surface area contributed by atoms with Gasteiger partial charge in [0.15, 0.2) is 0 Å². The fraction of sp³-hybridized carbons (Fsp3) is 0.143. The van der Waals surface area contributed by atoms with E-state index in [1.165, 1.54) is 5.56 Å². The highest BCUT2D eigenvalue weighted by Gasteiger charge is 2.05. The predicted molar refractivity (Wildman–Crippen MR) is 72.3 cm³/mol. The molecule has 1 nitrogen and oxygen atoms in total. The van der Waals surface area contributed by atoms with Crippen LogP contribution in [0, 0.1) is 6.92 Å². The second-order valence-electron chi connectivity index (χ2n) is 3.80. The van der Waals surface area contributed by atoms with Gasteiger partial charge in [-0.05, 0) is 31.2 Å². The van der Waals surface area contributed by atoms with Gasteiger partial charge in [0.2, 0.25) is 0 Å². The summed E-state index contributed by atoms with van der Waals surface area (Å²) in [6, 6.07) is 13.3. The molecule has 0 unspecified atom stereocenters. The summed E-state index contributed by atoms with van der Waals surface area (Å²) in [6.07, 6.45) is 0. The molecule has 0 spiro atoms. The molecule has 0 radical (unpaired) electrons. The molecule has 0 aliphatic rings. The highest BCUT2D eigenvalue weighted by Crippen LogP contribution is 2.29. The Balaban J connectivity index is 2.28. The smallest absolute Gasteiger partial charge is 0.133 e. The van der Waals surface area contributed by atoms with Crippen LogP contribution < -0.4 is 4.74 Å².